The summed E-state index contributed by atoms with van der Waals surface area (Å²) in [6.07, 6.45) is 0. The van der Waals surface area contributed by atoms with Gasteiger partial charge in [-0.2, -0.15) is 0 Å². The van der Waals surface area contributed by atoms with Crippen LogP contribution in [0, 0.1) is 0 Å². The summed E-state index contributed by atoms with van der Waals surface area (Å²) in [7, 11) is 0. The molecule has 0 heterocycles. The van der Waals surface area contributed by atoms with Crippen molar-refractivity contribution >= 4 is 17.6 Å². The van der Waals surface area contributed by atoms with E-state index in [9.17, 15) is 9.59 Å². The minimum Gasteiger partial charge on any atom is -0.452 e. The number of ether oxygens (including phenoxy) is 1. The molecule has 0 fully saturated rings. The lowest BCUT2D eigenvalue weighted by Gasteiger charge is -2.06. The van der Waals surface area contributed by atoms with Gasteiger partial charge in [0.15, 0.2) is 6.61 Å². The molecule has 16 heavy (non-hydrogen) atoms. The molecule has 0 atom stereocenters. The minimum atomic E-state index is -0.593. The van der Waals surface area contributed by atoms with E-state index in [4.69, 9.17) is 10.5 Å². The Morgan fingerprint density at radius 1 is 1.38 bits per heavy atom. The zero-order valence-electron chi connectivity index (χ0n) is 9.03. The lowest BCUT2D eigenvalue weighted by Crippen LogP contribution is -2.28. The molecule has 0 aromatic heterocycles. The smallest absolute Gasteiger partial charge is 0.340 e. The number of carbonyl (C=O) groups is 2. The summed E-state index contributed by atoms with van der Waals surface area (Å²) in [5.41, 5.74) is 6.19. The van der Waals surface area contributed by atoms with E-state index < -0.39 is 5.97 Å². The molecule has 1 aromatic carbocycles. The first-order valence-electron chi connectivity index (χ1n) is 4.93. The Morgan fingerprint density at radius 2 is 2.06 bits per heavy atom. The van der Waals surface area contributed by atoms with Crippen LogP contribution in [0.15, 0.2) is 24.3 Å². The van der Waals surface area contributed by atoms with E-state index in [1.807, 2.05) is 0 Å². The number of para-hydroxylation sites is 1. The van der Waals surface area contributed by atoms with Crippen molar-refractivity contribution in [2.24, 2.45) is 0 Å². The molecule has 3 N–H and O–H groups in total. The molecule has 5 heteroatoms. The number of rotatable bonds is 4. The number of nitrogen functional groups attached to an aromatic ring is 1. The van der Waals surface area contributed by atoms with Crippen LogP contribution in [0.25, 0.3) is 0 Å². The fraction of sp³-hybridized carbons (Fsp3) is 0.273. The van der Waals surface area contributed by atoms with Crippen LogP contribution in [-0.2, 0) is 9.53 Å². The molecule has 0 unspecified atom stereocenters. The van der Waals surface area contributed by atoms with Crippen molar-refractivity contribution in [3.8, 4) is 0 Å². The van der Waals surface area contributed by atoms with Gasteiger partial charge in [-0.15, -0.1) is 0 Å². The van der Waals surface area contributed by atoms with Gasteiger partial charge in [-0.3, -0.25) is 4.79 Å². The number of nitrogens with one attached hydrogen (secondary N) is 1. The van der Waals surface area contributed by atoms with Crippen LogP contribution in [-0.4, -0.2) is 25.0 Å². The molecule has 0 aliphatic heterocycles. The molecular formula is C11H14N2O3. The molecule has 0 saturated heterocycles. The van der Waals surface area contributed by atoms with Gasteiger partial charge >= 0.3 is 5.97 Å². The van der Waals surface area contributed by atoms with Crippen molar-refractivity contribution in [1.29, 1.82) is 0 Å². The highest BCUT2D eigenvalue weighted by molar-refractivity contribution is 5.96. The van der Waals surface area contributed by atoms with Crippen molar-refractivity contribution < 1.29 is 14.3 Å². The van der Waals surface area contributed by atoms with E-state index in [0.29, 0.717) is 12.2 Å². The van der Waals surface area contributed by atoms with E-state index in [-0.39, 0.29) is 18.1 Å². The fourth-order valence-corrected chi connectivity index (χ4v) is 1.14. The summed E-state index contributed by atoms with van der Waals surface area (Å²) >= 11 is 0. The highest BCUT2D eigenvalue weighted by Gasteiger charge is 2.11. The van der Waals surface area contributed by atoms with Crippen LogP contribution in [0.5, 0.6) is 0 Å². The van der Waals surface area contributed by atoms with Crippen LogP contribution in [0.2, 0.25) is 0 Å². The molecule has 0 aliphatic rings. The van der Waals surface area contributed by atoms with E-state index in [1.165, 1.54) is 0 Å². The fourth-order valence-electron chi connectivity index (χ4n) is 1.14. The quantitative estimate of drug-likeness (QED) is 0.576. The number of hydrogen-bond donors (Lipinski definition) is 2. The summed E-state index contributed by atoms with van der Waals surface area (Å²) in [6.45, 7) is 2.00. The normalized spacial score (nSPS) is 9.56. The molecular weight excluding hydrogens is 208 g/mol. The molecule has 1 rings (SSSR count). The van der Waals surface area contributed by atoms with E-state index in [1.54, 1.807) is 31.2 Å². The average Bonchev–Trinajstić information content (AvgIpc) is 2.27. The number of nitrogens with two attached hydrogens (primary N) is 1. The number of anilines is 1. The average molecular weight is 222 g/mol. The predicted octanol–water partition coefficient (Wildman–Crippen LogP) is 0.562. The molecule has 5 nitrogen and oxygen atoms in total. The first kappa shape index (κ1) is 12.0. The zero-order valence-corrected chi connectivity index (χ0v) is 9.03. The van der Waals surface area contributed by atoms with Crippen LogP contribution >= 0.6 is 0 Å². The van der Waals surface area contributed by atoms with Crippen molar-refractivity contribution in [3.05, 3.63) is 29.8 Å². The second-order valence-electron chi connectivity index (χ2n) is 3.12. The molecule has 0 spiro atoms. The van der Waals surface area contributed by atoms with Crippen molar-refractivity contribution in [3.63, 3.8) is 0 Å². The molecule has 0 saturated carbocycles. The third kappa shape index (κ3) is 3.27. The molecule has 0 bridgehead atoms. The summed E-state index contributed by atoms with van der Waals surface area (Å²) in [4.78, 5) is 22.5. The highest BCUT2D eigenvalue weighted by atomic mass is 16.5. The second-order valence-corrected chi connectivity index (χ2v) is 3.12. The Kier molecular flexibility index (Phi) is 4.32. The Morgan fingerprint density at radius 3 is 2.69 bits per heavy atom. The summed E-state index contributed by atoms with van der Waals surface area (Å²) < 4.78 is 4.79. The Labute approximate surface area is 93.6 Å². The number of benzene rings is 1. The Bertz CT molecular complexity index is 391. The highest BCUT2D eigenvalue weighted by Crippen LogP contribution is 2.11. The third-order valence-corrected chi connectivity index (χ3v) is 1.89. The van der Waals surface area contributed by atoms with Crippen molar-refractivity contribution in [2.75, 3.05) is 18.9 Å². The Hall–Kier alpha value is -2.04. The van der Waals surface area contributed by atoms with E-state index in [2.05, 4.69) is 5.32 Å². The lowest BCUT2D eigenvalue weighted by molar-refractivity contribution is -0.124. The summed E-state index contributed by atoms with van der Waals surface area (Å²) in [5, 5.41) is 2.52. The van der Waals surface area contributed by atoms with Gasteiger partial charge in [0.05, 0.1) is 5.56 Å². The first-order valence-corrected chi connectivity index (χ1v) is 4.93. The molecule has 0 aliphatic carbocycles. The molecule has 86 valence electrons. The van der Waals surface area contributed by atoms with Crippen LogP contribution in [0.4, 0.5) is 5.69 Å². The zero-order chi connectivity index (χ0) is 12.0. The predicted molar refractivity (Wildman–Crippen MR) is 59.8 cm³/mol. The largest absolute Gasteiger partial charge is 0.452 e. The van der Waals surface area contributed by atoms with Gasteiger partial charge in [0.2, 0.25) is 0 Å². The van der Waals surface area contributed by atoms with Gasteiger partial charge in [-0.25, -0.2) is 4.79 Å². The first-order chi connectivity index (χ1) is 7.65. The minimum absolute atomic E-state index is 0.270. The van der Waals surface area contributed by atoms with E-state index in [0.717, 1.165) is 0 Å². The van der Waals surface area contributed by atoms with Gasteiger partial charge in [-0.05, 0) is 19.1 Å². The van der Waals surface area contributed by atoms with Gasteiger partial charge in [0.25, 0.3) is 5.91 Å². The monoisotopic (exact) mass is 222 g/mol. The summed E-state index contributed by atoms with van der Waals surface area (Å²) in [5.74, 6) is -0.922. The maximum absolute atomic E-state index is 11.5. The second kappa shape index (κ2) is 5.75. The van der Waals surface area contributed by atoms with Crippen LogP contribution in [0.1, 0.15) is 17.3 Å². The van der Waals surface area contributed by atoms with E-state index >= 15 is 0 Å². The van der Waals surface area contributed by atoms with Gasteiger partial charge < -0.3 is 15.8 Å². The third-order valence-electron chi connectivity index (χ3n) is 1.89. The molecule has 1 aromatic rings. The van der Waals surface area contributed by atoms with Crippen molar-refractivity contribution in [1.82, 2.24) is 5.32 Å². The number of esters is 1. The van der Waals surface area contributed by atoms with Gasteiger partial charge in [0, 0.05) is 12.2 Å². The van der Waals surface area contributed by atoms with Gasteiger partial charge in [0.1, 0.15) is 0 Å². The number of hydrogen-bond acceptors (Lipinski definition) is 4. The number of likely N-dealkylation sites (N-methyl/N-ethyl adjacent to an activating group) is 1. The molecule has 1 amide bonds. The SMILES string of the molecule is CCNC(=O)COC(=O)c1ccccc1N. The van der Waals surface area contributed by atoms with Crippen LogP contribution in [0.3, 0.4) is 0 Å². The topological polar surface area (TPSA) is 81.4 Å². The lowest BCUT2D eigenvalue weighted by atomic mass is 10.2. The maximum Gasteiger partial charge on any atom is 0.340 e. The maximum atomic E-state index is 11.5. The molecule has 0 radical (unpaired) electrons. The van der Waals surface area contributed by atoms with Crippen molar-refractivity contribution in [2.45, 2.75) is 6.92 Å². The van der Waals surface area contributed by atoms with Gasteiger partial charge in [-0.1, -0.05) is 12.1 Å². The summed E-state index contributed by atoms with van der Waals surface area (Å²) in [6, 6.07) is 6.55. The standard InChI is InChI=1S/C11H14N2O3/c1-2-13-10(14)7-16-11(15)8-5-3-4-6-9(8)12/h3-6H,2,7,12H2,1H3,(H,13,14). The van der Waals surface area contributed by atoms with Crippen LogP contribution < -0.4 is 11.1 Å². The Balaban J connectivity index is 2.54. The number of amides is 1. The number of carbonyl (C=O) groups excluding carboxylic acids is 2.